The number of methoxy groups -OCH3 is 1. The van der Waals surface area contributed by atoms with Crippen LogP contribution in [-0.4, -0.2) is 61.9 Å². The van der Waals surface area contributed by atoms with E-state index in [1.807, 2.05) is 18.2 Å². The minimum atomic E-state index is 0.0720. The number of carbonyl (C=O) groups is 1. The summed E-state index contributed by atoms with van der Waals surface area (Å²) < 4.78 is 13.1. The van der Waals surface area contributed by atoms with Gasteiger partial charge in [0.15, 0.2) is 0 Å². The third-order valence-corrected chi connectivity index (χ3v) is 7.38. The molecule has 0 radical (unpaired) electrons. The zero-order chi connectivity index (χ0) is 26.2. The number of nitrogens with zero attached hydrogens (tertiary/aromatic N) is 2. The molecule has 2 heterocycles. The molecule has 1 aliphatic rings. The first-order chi connectivity index (χ1) is 18.7. The van der Waals surface area contributed by atoms with Crippen molar-refractivity contribution in [2.45, 2.75) is 25.3 Å². The highest BCUT2D eigenvalue weighted by molar-refractivity contribution is 5.86. The molecule has 1 fully saturated rings. The number of hydrogen-bond donors (Lipinski definition) is 1. The standard InChI is InChI=1S/C32H37N3O3/c1-37-28-13-11-26(12-14-28)23-35-24-30(29-9-5-6-10-31(29)35)27(21-25-7-3-2-4-8-25)22-32(36)33-15-16-34-17-19-38-20-18-34/h2-14,24,27H,15-23H2,1H3,(H,33,36)/t27-/m1/s1. The number of hydrogen-bond acceptors (Lipinski definition) is 4. The fourth-order valence-electron chi connectivity index (χ4n) is 5.32. The second-order valence-electron chi connectivity index (χ2n) is 9.97. The van der Waals surface area contributed by atoms with Crippen LogP contribution < -0.4 is 10.1 Å². The van der Waals surface area contributed by atoms with Gasteiger partial charge in [-0.25, -0.2) is 0 Å². The van der Waals surface area contributed by atoms with E-state index in [1.165, 1.54) is 27.6 Å². The topological polar surface area (TPSA) is 55.7 Å². The van der Waals surface area contributed by atoms with Gasteiger partial charge < -0.3 is 19.4 Å². The van der Waals surface area contributed by atoms with Crippen LogP contribution in [0.1, 0.15) is 29.0 Å². The molecule has 0 spiro atoms. The van der Waals surface area contributed by atoms with E-state index in [4.69, 9.17) is 9.47 Å². The summed E-state index contributed by atoms with van der Waals surface area (Å²) in [6, 6.07) is 27.2. The number of morpholine rings is 1. The maximum atomic E-state index is 13.2. The second kappa shape index (κ2) is 12.8. The van der Waals surface area contributed by atoms with Gasteiger partial charge in [-0.1, -0.05) is 60.7 Å². The Balaban J connectivity index is 1.37. The Hall–Kier alpha value is -3.61. The Morgan fingerprint density at radius 2 is 1.68 bits per heavy atom. The summed E-state index contributed by atoms with van der Waals surface area (Å²) in [7, 11) is 1.69. The first kappa shape index (κ1) is 26.0. The molecule has 1 atom stereocenters. The smallest absolute Gasteiger partial charge is 0.220 e. The largest absolute Gasteiger partial charge is 0.497 e. The van der Waals surface area contributed by atoms with Crippen molar-refractivity contribution in [3.05, 3.63) is 102 Å². The highest BCUT2D eigenvalue weighted by atomic mass is 16.5. The van der Waals surface area contributed by atoms with Crippen LogP contribution in [0.2, 0.25) is 0 Å². The summed E-state index contributed by atoms with van der Waals surface area (Å²) >= 11 is 0. The lowest BCUT2D eigenvalue weighted by Gasteiger charge is -2.26. The van der Waals surface area contributed by atoms with Crippen LogP contribution in [-0.2, 0) is 22.5 Å². The number of nitrogens with one attached hydrogen (secondary N) is 1. The monoisotopic (exact) mass is 511 g/mol. The number of fused-ring (bicyclic) bond motifs is 1. The second-order valence-corrected chi connectivity index (χ2v) is 9.97. The molecular formula is C32H37N3O3. The number of ether oxygens (including phenoxy) is 2. The summed E-state index contributed by atoms with van der Waals surface area (Å²) in [5.74, 6) is 1.03. The molecule has 0 saturated carbocycles. The molecule has 1 aliphatic heterocycles. The molecule has 1 aromatic heterocycles. The Kier molecular flexibility index (Phi) is 8.74. The van der Waals surface area contributed by atoms with Gasteiger partial charge in [0, 0.05) is 56.2 Å². The molecule has 5 rings (SSSR count). The molecule has 0 unspecified atom stereocenters. The zero-order valence-corrected chi connectivity index (χ0v) is 22.1. The molecule has 1 saturated heterocycles. The normalized spacial score (nSPS) is 14.9. The lowest BCUT2D eigenvalue weighted by atomic mass is 9.88. The fourth-order valence-corrected chi connectivity index (χ4v) is 5.32. The van der Waals surface area contributed by atoms with Crippen molar-refractivity contribution in [3.63, 3.8) is 0 Å². The first-order valence-corrected chi connectivity index (χ1v) is 13.5. The Bertz CT molecular complexity index is 1310. The Morgan fingerprint density at radius 3 is 2.45 bits per heavy atom. The minimum absolute atomic E-state index is 0.0720. The third kappa shape index (κ3) is 6.63. The summed E-state index contributed by atoms with van der Waals surface area (Å²) in [5, 5.41) is 4.39. The van der Waals surface area contributed by atoms with Crippen molar-refractivity contribution in [2.75, 3.05) is 46.5 Å². The van der Waals surface area contributed by atoms with Crippen molar-refractivity contribution >= 4 is 16.8 Å². The van der Waals surface area contributed by atoms with Crippen LogP contribution in [0, 0.1) is 0 Å². The van der Waals surface area contributed by atoms with Gasteiger partial charge in [-0.2, -0.15) is 0 Å². The van der Waals surface area contributed by atoms with Gasteiger partial charge >= 0.3 is 0 Å². The average Bonchev–Trinajstić information content (AvgIpc) is 3.32. The van der Waals surface area contributed by atoms with E-state index in [2.05, 4.69) is 81.6 Å². The van der Waals surface area contributed by atoms with E-state index in [0.29, 0.717) is 13.0 Å². The number of aromatic nitrogens is 1. The SMILES string of the molecule is COc1ccc(Cn2cc([C@@H](CC(=O)NCCN3CCOCC3)Cc3ccccc3)c3ccccc32)cc1. The number of amides is 1. The van der Waals surface area contributed by atoms with Gasteiger partial charge in [-0.15, -0.1) is 0 Å². The Morgan fingerprint density at radius 1 is 0.947 bits per heavy atom. The summed E-state index contributed by atoms with van der Waals surface area (Å²) in [6.07, 6.45) is 3.52. The van der Waals surface area contributed by atoms with Crippen molar-refractivity contribution in [1.82, 2.24) is 14.8 Å². The van der Waals surface area contributed by atoms with Crippen LogP contribution >= 0.6 is 0 Å². The Labute approximate surface area is 225 Å². The average molecular weight is 512 g/mol. The molecule has 198 valence electrons. The third-order valence-electron chi connectivity index (χ3n) is 7.38. The van der Waals surface area contributed by atoms with Crippen LogP contribution in [0.4, 0.5) is 0 Å². The molecule has 6 heteroatoms. The molecule has 3 aromatic carbocycles. The van der Waals surface area contributed by atoms with Crippen molar-refractivity contribution in [3.8, 4) is 5.75 Å². The first-order valence-electron chi connectivity index (χ1n) is 13.5. The maximum absolute atomic E-state index is 13.2. The van der Waals surface area contributed by atoms with E-state index in [-0.39, 0.29) is 11.8 Å². The van der Waals surface area contributed by atoms with Gasteiger partial charge in [0.2, 0.25) is 5.91 Å². The maximum Gasteiger partial charge on any atom is 0.220 e. The van der Waals surface area contributed by atoms with Gasteiger partial charge in [-0.3, -0.25) is 9.69 Å². The molecule has 4 aromatic rings. The predicted octanol–water partition coefficient (Wildman–Crippen LogP) is 4.86. The van der Waals surface area contributed by atoms with Crippen LogP contribution in [0.5, 0.6) is 5.75 Å². The molecule has 38 heavy (non-hydrogen) atoms. The quantitative estimate of drug-likeness (QED) is 0.312. The summed E-state index contributed by atoms with van der Waals surface area (Å²) in [5.41, 5.74) is 4.86. The predicted molar refractivity (Wildman–Crippen MR) is 152 cm³/mol. The van der Waals surface area contributed by atoms with Gasteiger partial charge in [0.1, 0.15) is 5.75 Å². The molecular weight excluding hydrogens is 474 g/mol. The van der Waals surface area contributed by atoms with E-state index in [1.54, 1.807) is 7.11 Å². The van der Waals surface area contributed by atoms with Crippen molar-refractivity contribution in [2.24, 2.45) is 0 Å². The number of carbonyl (C=O) groups excluding carboxylic acids is 1. The van der Waals surface area contributed by atoms with E-state index >= 15 is 0 Å². The molecule has 1 amide bonds. The lowest BCUT2D eigenvalue weighted by molar-refractivity contribution is -0.121. The van der Waals surface area contributed by atoms with E-state index in [0.717, 1.165) is 51.6 Å². The van der Waals surface area contributed by atoms with Crippen LogP contribution in [0.3, 0.4) is 0 Å². The number of benzene rings is 3. The summed E-state index contributed by atoms with van der Waals surface area (Å²) in [6.45, 7) is 5.69. The van der Waals surface area contributed by atoms with Gasteiger partial charge in [-0.05, 0) is 47.2 Å². The number of para-hydroxylation sites is 1. The minimum Gasteiger partial charge on any atom is -0.497 e. The highest BCUT2D eigenvalue weighted by Gasteiger charge is 2.22. The van der Waals surface area contributed by atoms with Crippen LogP contribution in [0.25, 0.3) is 10.9 Å². The molecule has 6 nitrogen and oxygen atoms in total. The fraction of sp³-hybridized carbons (Fsp3) is 0.344. The van der Waals surface area contributed by atoms with E-state index < -0.39 is 0 Å². The lowest BCUT2D eigenvalue weighted by Crippen LogP contribution is -2.41. The van der Waals surface area contributed by atoms with Crippen LogP contribution in [0.15, 0.2) is 85.1 Å². The molecule has 0 bridgehead atoms. The molecule has 1 N–H and O–H groups in total. The summed E-state index contributed by atoms with van der Waals surface area (Å²) in [4.78, 5) is 15.5. The number of rotatable bonds is 11. The van der Waals surface area contributed by atoms with Gasteiger partial charge in [0.05, 0.1) is 20.3 Å². The zero-order valence-electron chi connectivity index (χ0n) is 22.1. The highest BCUT2D eigenvalue weighted by Crippen LogP contribution is 2.33. The van der Waals surface area contributed by atoms with Crippen molar-refractivity contribution in [1.29, 1.82) is 0 Å². The van der Waals surface area contributed by atoms with Gasteiger partial charge in [0.25, 0.3) is 0 Å². The molecule has 0 aliphatic carbocycles. The van der Waals surface area contributed by atoms with E-state index in [9.17, 15) is 4.79 Å². The van der Waals surface area contributed by atoms with Crippen molar-refractivity contribution < 1.29 is 14.3 Å².